The van der Waals surface area contributed by atoms with E-state index in [1.807, 2.05) is 0 Å². The molecule has 0 saturated carbocycles. The van der Waals surface area contributed by atoms with Crippen molar-refractivity contribution in [3.05, 3.63) is 89.5 Å². The van der Waals surface area contributed by atoms with Crippen LogP contribution in [0.15, 0.2) is 72.8 Å². The molecule has 0 fully saturated rings. The summed E-state index contributed by atoms with van der Waals surface area (Å²) in [7, 11) is 0. The van der Waals surface area contributed by atoms with Crippen LogP contribution >= 0.6 is 0 Å². The maximum atomic E-state index is 13.4. The fourth-order valence-electron chi connectivity index (χ4n) is 4.55. The lowest BCUT2D eigenvalue weighted by Gasteiger charge is -2.28. The topological polar surface area (TPSA) is 160 Å². The SMILES string of the molecule is Nc1cc(N)cc(C(=O)OCCCCCCOC(=O)C=Cc2ccc(OC(=O)c3ccc(NC(=O)CCCC(F)(F)C(F)(F)C(F)(F)F)cc3)cc2)c1. The second kappa shape index (κ2) is 18.8. The van der Waals surface area contributed by atoms with Crippen LogP contribution in [-0.4, -0.2) is 55.1 Å². The molecule has 10 nitrogen and oxygen atoms in total. The number of anilines is 3. The normalized spacial score (nSPS) is 12.0. The first-order valence-corrected chi connectivity index (χ1v) is 16.1. The summed E-state index contributed by atoms with van der Waals surface area (Å²) in [5, 5.41) is 2.27. The Kier molecular flexibility index (Phi) is 14.8. The van der Waals surface area contributed by atoms with Crippen molar-refractivity contribution in [3.8, 4) is 5.75 Å². The number of rotatable bonds is 18. The minimum Gasteiger partial charge on any atom is -0.463 e. The number of carbonyl (C=O) groups is 4. The Balaban J connectivity index is 1.31. The molecule has 0 spiro atoms. The molecule has 53 heavy (non-hydrogen) atoms. The third-order valence-corrected chi connectivity index (χ3v) is 7.35. The summed E-state index contributed by atoms with van der Waals surface area (Å²) in [6.07, 6.45) is -4.51. The van der Waals surface area contributed by atoms with E-state index in [-0.39, 0.29) is 35.8 Å². The van der Waals surface area contributed by atoms with Crippen molar-refractivity contribution >= 4 is 47.0 Å². The van der Waals surface area contributed by atoms with Gasteiger partial charge in [0.1, 0.15) is 5.75 Å². The lowest BCUT2D eigenvalue weighted by molar-refractivity contribution is -0.355. The molecule has 0 aromatic heterocycles. The summed E-state index contributed by atoms with van der Waals surface area (Å²) in [5.74, 6) is -14.2. The Labute approximate surface area is 299 Å². The minimum absolute atomic E-state index is 0.0622. The van der Waals surface area contributed by atoms with Crippen LogP contribution in [0.1, 0.15) is 71.2 Å². The number of alkyl halides is 7. The van der Waals surface area contributed by atoms with Crippen molar-refractivity contribution < 1.29 is 64.1 Å². The summed E-state index contributed by atoms with van der Waals surface area (Å²) >= 11 is 0. The molecule has 3 rings (SSSR count). The van der Waals surface area contributed by atoms with Gasteiger partial charge in [0.2, 0.25) is 5.91 Å². The zero-order valence-electron chi connectivity index (χ0n) is 28.0. The Morgan fingerprint density at radius 3 is 1.85 bits per heavy atom. The Morgan fingerprint density at radius 1 is 0.679 bits per heavy atom. The smallest absolute Gasteiger partial charge is 0.459 e. The van der Waals surface area contributed by atoms with Crippen LogP contribution in [0.2, 0.25) is 0 Å². The average molecular weight is 756 g/mol. The highest BCUT2D eigenvalue weighted by Crippen LogP contribution is 2.48. The molecular weight excluding hydrogens is 719 g/mol. The van der Waals surface area contributed by atoms with Crippen molar-refractivity contribution in [2.75, 3.05) is 30.0 Å². The van der Waals surface area contributed by atoms with E-state index in [2.05, 4.69) is 5.32 Å². The largest absolute Gasteiger partial charge is 0.463 e. The van der Waals surface area contributed by atoms with Gasteiger partial charge in [-0.1, -0.05) is 12.1 Å². The third kappa shape index (κ3) is 13.1. The van der Waals surface area contributed by atoms with E-state index in [0.717, 1.165) is 12.8 Å². The second-order valence-electron chi connectivity index (χ2n) is 11.7. The first-order chi connectivity index (χ1) is 24.9. The van der Waals surface area contributed by atoms with Gasteiger partial charge in [-0.2, -0.15) is 30.7 Å². The Morgan fingerprint density at radius 2 is 1.26 bits per heavy atom. The molecule has 0 aliphatic carbocycles. The van der Waals surface area contributed by atoms with Gasteiger partial charge in [0.05, 0.1) is 24.3 Å². The average Bonchev–Trinajstić information content (AvgIpc) is 3.08. The van der Waals surface area contributed by atoms with Gasteiger partial charge in [-0.3, -0.25) is 4.79 Å². The van der Waals surface area contributed by atoms with E-state index < -0.39 is 61.1 Å². The predicted molar refractivity (Wildman–Crippen MR) is 180 cm³/mol. The van der Waals surface area contributed by atoms with Crippen LogP contribution < -0.4 is 21.5 Å². The Bertz CT molecular complexity index is 1730. The standard InChI is InChI=1S/C36H36F7N3O7/c37-34(38,35(39,40)36(41,42)43)17-5-6-30(47)46-28-12-10-24(11-13-28)33(50)53-29-14-7-23(8-15-29)9-16-31(48)51-18-3-1-2-4-19-52-32(49)25-20-26(44)22-27(45)21-25/h7-16,20-22H,1-6,17-19,44-45H2,(H,46,47). The number of nitrogen functional groups attached to an aromatic ring is 2. The van der Waals surface area contributed by atoms with E-state index in [9.17, 15) is 49.9 Å². The molecule has 5 N–H and O–H groups in total. The zero-order valence-corrected chi connectivity index (χ0v) is 28.0. The number of benzene rings is 3. The number of halogens is 7. The number of hydrogen-bond donors (Lipinski definition) is 3. The third-order valence-electron chi connectivity index (χ3n) is 7.35. The molecule has 1 amide bonds. The van der Waals surface area contributed by atoms with Crippen LogP contribution in [-0.2, 0) is 19.1 Å². The summed E-state index contributed by atoms with van der Waals surface area (Å²) in [6.45, 7) is 0.425. The molecule has 3 aromatic carbocycles. The van der Waals surface area contributed by atoms with Gasteiger partial charge in [0.25, 0.3) is 0 Å². The number of amides is 1. The molecule has 0 aliphatic heterocycles. The van der Waals surface area contributed by atoms with E-state index in [4.69, 9.17) is 25.7 Å². The Hall–Kier alpha value is -5.61. The lowest BCUT2D eigenvalue weighted by atomic mass is 10.0. The molecule has 3 aromatic rings. The van der Waals surface area contributed by atoms with Crippen molar-refractivity contribution in [2.45, 2.75) is 63.0 Å². The highest BCUT2D eigenvalue weighted by molar-refractivity contribution is 5.94. The van der Waals surface area contributed by atoms with Gasteiger partial charge in [0.15, 0.2) is 0 Å². The molecule has 0 bridgehead atoms. The number of nitrogens with one attached hydrogen (secondary N) is 1. The number of hydrogen-bond acceptors (Lipinski definition) is 9. The molecule has 0 aliphatic rings. The van der Waals surface area contributed by atoms with E-state index >= 15 is 0 Å². The maximum absolute atomic E-state index is 13.4. The summed E-state index contributed by atoms with van der Waals surface area (Å²) in [5.41, 5.74) is 13.1. The molecular formula is C36H36F7N3O7. The summed E-state index contributed by atoms with van der Waals surface area (Å²) < 4.78 is 105. The lowest BCUT2D eigenvalue weighted by Crippen LogP contribution is -2.51. The summed E-state index contributed by atoms with van der Waals surface area (Å²) in [4.78, 5) is 48.6. The van der Waals surface area contributed by atoms with Crippen molar-refractivity contribution in [1.29, 1.82) is 0 Å². The monoisotopic (exact) mass is 755 g/mol. The van der Waals surface area contributed by atoms with Crippen LogP contribution in [0.25, 0.3) is 6.08 Å². The first-order valence-electron chi connectivity index (χ1n) is 16.1. The van der Waals surface area contributed by atoms with E-state index in [1.54, 1.807) is 12.1 Å². The first kappa shape index (κ1) is 41.8. The van der Waals surface area contributed by atoms with Crippen LogP contribution in [0.3, 0.4) is 0 Å². The van der Waals surface area contributed by atoms with Crippen LogP contribution in [0, 0.1) is 0 Å². The van der Waals surface area contributed by atoms with Gasteiger partial charge in [-0.15, -0.1) is 0 Å². The van der Waals surface area contributed by atoms with Gasteiger partial charge >= 0.3 is 35.9 Å². The number of nitrogens with two attached hydrogens (primary N) is 2. The highest BCUT2D eigenvalue weighted by Gasteiger charge is 2.72. The van der Waals surface area contributed by atoms with Crippen molar-refractivity contribution in [1.82, 2.24) is 0 Å². The number of esters is 3. The maximum Gasteiger partial charge on any atom is 0.459 e. The minimum atomic E-state index is -6.44. The summed E-state index contributed by atoms with van der Waals surface area (Å²) in [6, 6.07) is 15.7. The fraction of sp³-hybridized carbons (Fsp3) is 0.333. The van der Waals surface area contributed by atoms with Crippen molar-refractivity contribution in [2.24, 2.45) is 0 Å². The number of ether oxygens (including phenoxy) is 3. The second-order valence-corrected chi connectivity index (χ2v) is 11.7. The predicted octanol–water partition coefficient (Wildman–Crippen LogP) is 7.99. The molecule has 0 saturated heterocycles. The quantitative estimate of drug-likeness (QED) is 0.0292. The van der Waals surface area contributed by atoms with Crippen LogP contribution in [0.4, 0.5) is 47.8 Å². The molecule has 0 atom stereocenters. The van der Waals surface area contributed by atoms with Crippen molar-refractivity contribution in [3.63, 3.8) is 0 Å². The number of carbonyl (C=O) groups excluding carboxylic acids is 4. The van der Waals surface area contributed by atoms with Gasteiger partial charge in [0, 0.05) is 36.0 Å². The van der Waals surface area contributed by atoms with Gasteiger partial charge in [-0.05, 0) is 98.3 Å². The zero-order chi connectivity index (χ0) is 39.2. The van der Waals surface area contributed by atoms with Gasteiger partial charge in [-0.25, -0.2) is 14.4 Å². The molecule has 0 unspecified atom stereocenters. The molecule has 0 heterocycles. The fourth-order valence-corrected chi connectivity index (χ4v) is 4.55. The van der Waals surface area contributed by atoms with E-state index in [0.29, 0.717) is 29.8 Å². The molecule has 17 heteroatoms. The van der Waals surface area contributed by atoms with Gasteiger partial charge < -0.3 is 31.0 Å². The molecule has 0 radical (unpaired) electrons. The number of unbranched alkanes of at least 4 members (excludes halogenated alkanes) is 3. The molecule has 286 valence electrons. The van der Waals surface area contributed by atoms with E-state index in [1.165, 1.54) is 66.7 Å². The van der Waals surface area contributed by atoms with Crippen LogP contribution in [0.5, 0.6) is 5.75 Å². The highest BCUT2D eigenvalue weighted by atomic mass is 19.4.